The van der Waals surface area contributed by atoms with Crippen LogP contribution in [0, 0.1) is 0 Å². The molecule has 6 rings (SSSR count). The number of morpholine rings is 1. The molecule has 8 nitrogen and oxygen atoms in total. The molecule has 0 aliphatic carbocycles. The minimum Gasteiger partial charge on any atom is -0.379 e. The van der Waals surface area contributed by atoms with Crippen molar-refractivity contribution in [2.75, 3.05) is 31.6 Å². The van der Waals surface area contributed by atoms with Crippen molar-refractivity contribution in [2.45, 2.75) is 19.4 Å². The molecule has 0 bridgehead atoms. The molecule has 9 heteroatoms. The van der Waals surface area contributed by atoms with Crippen molar-refractivity contribution < 1.29 is 9.53 Å². The minimum atomic E-state index is 0.0441. The lowest BCUT2D eigenvalue weighted by Gasteiger charge is -2.25. The van der Waals surface area contributed by atoms with Crippen LogP contribution in [-0.2, 0) is 28.9 Å². The molecule has 0 spiro atoms. The van der Waals surface area contributed by atoms with Crippen LogP contribution in [0.2, 0.25) is 0 Å². The van der Waals surface area contributed by atoms with Crippen molar-refractivity contribution in [1.82, 2.24) is 24.5 Å². The summed E-state index contributed by atoms with van der Waals surface area (Å²) in [5.41, 5.74) is 4.71. The largest absolute Gasteiger partial charge is 0.379 e. The summed E-state index contributed by atoms with van der Waals surface area (Å²) in [5, 5.41) is 7.65. The highest BCUT2D eigenvalue weighted by atomic mass is 32.1. The Hall–Kier alpha value is -3.14. The van der Waals surface area contributed by atoms with Gasteiger partial charge in [-0.2, -0.15) is 5.10 Å². The summed E-state index contributed by atoms with van der Waals surface area (Å²) in [6, 6.07) is 10.4. The van der Waals surface area contributed by atoms with Crippen LogP contribution < -0.4 is 5.32 Å². The van der Waals surface area contributed by atoms with E-state index < -0.39 is 0 Å². The van der Waals surface area contributed by atoms with Crippen molar-refractivity contribution in [3.05, 3.63) is 64.6 Å². The van der Waals surface area contributed by atoms with Gasteiger partial charge in [0.2, 0.25) is 5.91 Å². The molecule has 0 atom stereocenters. The van der Waals surface area contributed by atoms with Gasteiger partial charge >= 0.3 is 0 Å². The molecule has 5 heterocycles. The summed E-state index contributed by atoms with van der Waals surface area (Å²) in [7, 11) is 0. The molecule has 2 aliphatic rings. The van der Waals surface area contributed by atoms with E-state index in [0.717, 1.165) is 71.7 Å². The van der Waals surface area contributed by atoms with Crippen molar-refractivity contribution in [3.63, 3.8) is 0 Å². The summed E-state index contributed by atoms with van der Waals surface area (Å²) < 4.78 is 7.33. The second-order valence-corrected chi connectivity index (χ2v) is 9.31. The van der Waals surface area contributed by atoms with Gasteiger partial charge in [0.25, 0.3) is 0 Å². The number of benzene rings is 1. The number of rotatable bonds is 5. The number of anilines is 1. The Morgan fingerprint density at radius 3 is 2.94 bits per heavy atom. The number of fused-ring (bicyclic) bond motifs is 2. The zero-order valence-corrected chi connectivity index (χ0v) is 18.3. The Morgan fingerprint density at radius 2 is 2.03 bits per heavy atom. The third-order valence-electron chi connectivity index (χ3n) is 5.85. The van der Waals surface area contributed by atoms with Crippen LogP contribution in [0.1, 0.15) is 21.8 Å². The zero-order valence-electron chi connectivity index (χ0n) is 17.5. The van der Waals surface area contributed by atoms with Gasteiger partial charge in [0.15, 0.2) is 11.5 Å². The molecule has 0 radical (unpaired) electrons. The predicted octanol–water partition coefficient (Wildman–Crippen LogP) is 2.77. The van der Waals surface area contributed by atoms with Gasteiger partial charge in [-0.15, -0.1) is 11.3 Å². The van der Waals surface area contributed by atoms with E-state index in [4.69, 9.17) is 14.8 Å². The van der Waals surface area contributed by atoms with Gasteiger partial charge in [0.1, 0.15) is 5.69 Å². The average molecular weight is 447 g/mol. The molecule has 1 amide bonds. The van der Waals surface area contributed by atoms with Gasteiger partial charge in [-0.3, -0.25) is 14.7 Å². The number of carbonyl (C=O) groups excluding carboxylic acids is 1. The normalized spacial score (nSPS) is 16.4. The van der Waals surface area contributed by atoms with E-state index in [0.29, 0.717) is 12.8 Å². The summed E-state index contributed by atoms with van der Waals surface area (Å²) in [4.78, 5) is 25.6. The zero-order chi connectivity index (χ0) is 21.5. The topological polar surface area (TPSA) is 84.7 Å². The smallest absolute Gasteiger partial charge is 0.228 e. The second kappa shape index (κ2) is 8.09. The first-order chi connectivity index (χ1) is 15.7. The molecule has 3 aromatic heterocycles. The Balaban J connectivity index is 1.25. The first kappa shape index (κ1) is 19.5. The van der Waals surface area contributed by atoms with Crippen molar-refractivity contribution >= 4 is 28.6 Å². The van der Waals surface area contributed by atoms with Gasteiger partial charge in [0, 0.05) is 36.6 Å². The molecule has 4 aromatic rings. The van der Waals surface area contributed by atoms with E-state index in [1.807, 2.05) is 22.8 Å². The molecule has 2 aliphatic heterocycles. The summed E-state index contributed by atoms with van der Waals surface area (Å²) in [6.45, 7) is 4.50. The van der Waals surface area contributed by atoms with Crippen LogP contribution in [0.4, 0.5) is 5.69 Å². The first-order valence-electron chi connectivity index (χ1n) is 10.7. The van der Waals surface area contributed by atoms with Crippen molar-refractivity contribution in [3.8, 4) is 10.6 Å². The molecule has 0 saturated carbocycles. The minimum absolute atomic E-state index is 0.0441. The molecule has 0 unspecified atom stereocenters. The van der Waals surface area contributed by atoms with Crippen LogP contribution in [0.25, 0.3) is 16.2 Å². The lowest BCUT2D eigenvalue weighted by atomic mass is 10.1. The number of hydrogen-bond donors (Lipinski definition) is 1. The number of amides is 1. The summed E-state index contributed by atoms with van der Waals surface area (Å²) >= 11 is 1.77. The number of nitrogens with one attached hydrogen (secondary N) is 1. The Kier molecular flexibility index (Phi) is 4.94. The van der Waals surface area contributed by atoms with E-state index >= 15 is 0 Å². The molecule has 1 N–H and O–H groups in total. The first-order valence-corrected chi connectivity index (χ1v) is 11.5. The highest BCUT2D eigenvalue weighted by Crippen LogP contribution is 2.29. The quantitative estimate of drug-likeness (QED) is 0.508. The van der Waals surface area contributed by atoms with Gasteiger partial charge in [0.05, 0.1) is 36.9 Å². The Morgan fingerprint density at radius 1 is 1.12 bits per heavy atom. The average Bonchev–Trinajstić information content (AvgIpc) is 3.51. The third-order valence-corrected chi connectivity index (χ3v) is 6.94. The number of thiophene rings is 1. The lowest BCUT2D eigenvalue weighted by molar-refractivity contribution is -0.115. The predicted molar refractivity (Wildman–Crippen MR) is 122 cm³/mol. The standard InChI is InChI=1S/C23H22N6O2S/c30-23-11-16-9-15(1-3-18(16)25-23)10-21-26-22-13-24-12-19(29(22)27-21)20-4-2-17(32-20)14-28-5-7-31-8-6-28/h1-4,9,12-13H,5-8,10-11,14H2,(H,25,30). The highest BCUT2D eigenvalue weighted by Gasteiger charge is 2.19. The van der Waals surface area contributed by atoms with E-state index in [1.54, 1.807) is 17.5 Å². The Labute approximate surface area is 188 Å². The molecule has 1 aromatic carbocycles. The molecule has 1 fully saturated rings. The fraction of sp³-hybridized carbons (Fsp3) is 0.304. The van der Waals surface area contributed by atoms with E-state index in [2.05, 4.69) is 33.4 Å². The summed E-state index contributed by atoms with van der Waals surface area (Å²) in [5.74, 6) is 0.782. The monoisotopic (exact) mass is 446 g/mol. The van der Waals surface area contributed by atoms with Crippen molar-refractivity contribution in [1.29, 1.82) is 0 Å². The van der Waals surface area contributed by atoms with Crippen LogP contribution >= 0.6 is 11.3 Å². The Bertz CT molecular complexity index is 1310. The third kappa shape index (κ3) is 3.79. The van der Waals surface area contributed by atoms with Crippen LogP contribution in [0.5, 0.6) is 0 Å². The number of carbonyl (C=O) groups is 1. The molecule has 1 saturated heterocycles. The molecule has 32 heavy (non-hydrogen) atoms. The summed E-state index contributed by atoms with van der Waals surface area (Å²) in [6.07, 6.45) is 4.63. The lowest BCUT2D eigenvalue weighted by Crippen LogP contribution is -2.35. The van der Waals surface area contributed by atoms with Crippen LogP contribution in [0.15, 0.2) is 42.7 Å². The fourth-order valence-electron chi connectivity index (χ4n) is 4.26. The maximum absolute atomic E-state index is 11.6. The molecular formula is C23H22N6O2S. The van der Waals surface area contributed by atoms with Crippen LogP contribution in [0.3, 0.4) is 0 Å². The van der Waals surface area contributed by atoms with Gasteiger partial charge in [-0.05, 0) is 29.3 Å². The van der Waals surface area contributed by atoms with E-state index in [9.17, 15) is 4.79 Å². The number of ether oxygens (including phenoxy) is 1. The van der Waals surface area contributed by atoms with E-state index in [-0.39, 0.29) is 5.91 Å². The van der Waals surface area contributed by atoms with Crippen LogP contribution in [-0.4, -0.2) is 56.7 Å². The maximum Gasteiger partial charge on any atom is 0.228 e. The second-order valence-electron chi connectivity index (χ2n) is 8.14. The highest BCUT2D eigenvalue weighted by molar-refractivity contribution is 7.15. The number of hydrogen-bond acceptors (Lipinski definition) is 7. The van der Waals surface area contributed by atoms with Crippen molar-refractivity contribution in [2.24, 2.45) is 0 Å². The molecular weight excluding hydrogens is 424 g/mol. The molecule has 162 valence electrons. The SMILES string of the molecule is O=C1Cc2cc(Cc3nc4cncc(-c5ccc(CN6CCOCC6)s5)n4n3)ccc2N1. The van der Waals surface area contributed by atoms with Gasteiger partial charge in [-0.1, -0.05) is 12.1 Å². The maximum atomic E-state index is 11.6. The number of nitrogens with zero attached hydrogens (tertiary/aromatic N) is 5. The number of aromatic nitrogens is 4. The van der Waals surface area contributed by atoms with Gasteiger partial charge < -0.3 is 10.1 Å². The van der Waals surface area contributed by atoms with E-state index in [1.165, 1.54) is 4.88 Å². The van der Waals surface area contributed by atoms with Gasteiger partial charge in [-0.25, -0.2) is 9.50 Å². The fourth-order valence-corrected chi connectivity index (χ4v) is 5.30.